The van der Waals surface area contributed by atoms with Gasteiger partial charge in [0.05, 0.1) is 6.04 Å². The second-order valence-corrected chi connectivity index (χ2v) is 5.43. The van der Waals surface area contributed by atoms with Crippen LogP contribution in [0.3, 0.4) is 0 Å². The van der Waals surface area contributed by atoms with Crippen LogP contribution >= 0.6 is 34.8 Å². The summed E-state index contributed by atoms with van der Waals surface area (Å²) < 4.78 is 0. The summed E-state index contributed by atoms with van der Waals surface area (Å²) in [6, 6.07) is 12.9. The van der Waals surface area contributed by atoms with Crippen molar-refractivity contribution in [3.63, 3.8) is 0 Å². The highest BCUT2D eigenvalue weighted by atomic mass is 35.5. The zero-order valence-electron chi connectivity index (χ0n) is 10.0. The fourth-order valence-corrected chi connectivity index (χ4v) is 2.68. The zero-order chi connectivity index (χ0) is 13.8. The van der Waals surface area contributed by atoms with E-state index in [1.165, 1.54) is 0 Å². The van der Waals surface area contributed by atoms with Crippen LogP contribution in [0, 0.1) is 0 Å². The first-order valence-corrected chi connectivity index (χ1v) is 6.89. The summed E-state index contributed by atoms with van der Waals surface area (Å²) >= 11 is 18.2. The number of hydrogen-bond donors (Lipinski definition) is 2. The minimum Gasteiger partial charge on any atom is -0.271 e. The molecule has 0 bridgehead atoms. The number of halogens is 3. The van der Waals surface area contributed by atoms with Gasteiger partial charge in [0, 0.05) is 15.1 Å². The van der Waals surface area contributed by atoms with E-state index in [0.717, 1.165) is 11.1 Å². The van der Waals surface area contributed by atoms with Crippen LogP contribution in [-0.4, -0.2) is 0 Å². The number of rotatable bonds is 4. The molecule has 2 aromatic rings. The molecule has 0 aliphatic rings. The molecule has 0 spiro atoms. The number of hydrogen-bond acceptors (Lipinski definition) is 2. The fraction of sp³-hybridized carbons (Fsp3) is 0.143. The fourth-order valence-electron chi connectivity index (χ4n) is 1.93. The molecule has 2 rings (SSSR count). The maximum atomic E-state index is 6.20. The largest absolute Gasteiger partial charge is 0.271 e. The summed E-state index contributed by atoms with van der Waals surface area (Å²) in [5.41, 5.74) is 4.68. The van der Waals surface area contributed by atoms with Gasteiger partial charge in [0.15, 0.2) is 0 Å². The van der Waals surface area contributed by atoms with E-state index in [9.17, 15) is 0 Å². The third-order valence-electron chi connectivity index (χ3n) is 2.92. The van der Waals surface area contributed by atoms with Crippen LogP contribution in [0.2, 0.25) is 15.1 Å². The Morgan fingerprint density at radius 2 is 1.74 bits per heavy atom. The number of benzene rings is 2. The van der Waals surface area contributed by atoms with E-state index in [0.29, 0.717) is 21.5 Å². The smallest absolute Gasteiger partial charge is 0.0515 e. The second kappa shape index (κ2) is 6.60. The van der Waals surface area contributed by atoms with Gasteiger partial charge in [-0.3, -0.25) is 11.3 Å². The third-order valence-corrected chi connectivity index (χ3v) is 3.85. The van der Waals surface area contributed by atoms with Gasteiger partial charge < -0.3 is 0 Å². The minimum atomic E-state index is -0.121. The highest BCUT2D eigenvalue weighted by molar-refractivity contribution is 6.35. The van der Waals surface area contributed by atoms with Crippen LogP contribution in [0.15, 0.2) is 42.5 Å². The molecule has 19 heavy (non-hydrogen) atoms. The van der Waals surface area contributed by atoms with Gasteiger partial charge in [-0.15, -0.1) is 0 Å². The van der Waals surface area contributed by atoms with Crippen molar-refractivity contribution in [1.29, 1.82) is 0 Å². The number of nitrogens with one attached hydrogen (secondary N) is 1. The summed E-state index contributed by atoms with van der Waals surface area (Å²) in [5, 5.41) is 1.90. The molecule has 0 saturated carbocycles. The van der Waals surface area contributed by atoms with Crippen LogP contribution < -0.4 is 11.3 Å². The first kappa shape index (κ1) is 14.6. The van der Waals surface area contributed by atoms with Crippen LogP contribution in [0.4, 0.5) is 0 Å². The van der Waals surface area contributed by atoms with Gasteiger partial charge in [-0.1, -0.05) is 59.1 Å². The molecule has 2 aromatic carbocycles. The molecular weight excluding hydrogens is 303 g/mol. The predicted octanol–water partition coefficient (Wildman–Crippen LogP) is 4.39. The molecule has 0 aromatic heterocycles. The Bertz CT molecular complexity index is 572. The van der Waals surface area contributed by atoms with Gasteiger partial charge >= 0.3 is 0 Å². The molecule has 0 aliphatic carbocycles. The van der Waals surface area contributed by atoms with E-state index in [1.54, 1.807) is 12.1 Å². The summed E-state index contributed by atoms with van der Waals surface area (Å²) in [7, 11) is 0. The number of nitrogens with two attached hydrogens (primary N) is 1. The zero-order valence-corrected chi connectivity index (χ0v) is 12.3. The standard InChI is InChI=1S/C14H13Cl3N2/c15-10-5-6-11(13(17)8-10)14(19-18)7-9-3-1-2-4-12(9)16/h1-6,8,14,19H,7,18H2. The molecule has 0 heterocycles. The summed E-state index contributed by atoms with van der Waals surface area (Å²) in [4.78, 5) is 0. The number of hydrazine groups is 1. The van der Waals surface area contributed by atoms with E-state index in [1.807, 2.05) is 30.3 Å². The first-order chi connectivity index (χ1) is 9.11. The van der Waals surface area contributed by atoms with Gasteiger partial charge in [-0.05, 0) is 35.7 Å². The molecule has 1 atom stereocenters. The van der Waals surface area contributed by atoms with Crippen molar-refractivity contribution in [2.45, 2.75) is 12.5 Å². The normalized spacial score (nSPS) is 12.4. The van der Waals surface area contributed by atoms with Crippen molar-refractivity contribution in [1.82, 2.24) is 5.43 Å². The maximum Gasteiger partial charge on any atom is 0.0515 e. The highest BCUT2D eigenvalue weighted by Gasteiger charge is 2.15. The predicted molar refractivity (Wildman–Crippen MR) is 81.7 cm³/mol. The van der Waals surface area contributed by atoms with Crippen LogP contribution in [0.5, 0.6) is 0 Å². The van der Waals surface area contributed by atoms with Gasteiger partial charge in [0.2, 0.25) is 0 Å². The van der Waals surface area contributed by atoms with Crippen molar-refractivity contribution in [3.05, 3.63) is 68.7 Å². The lowest BCUT2D eigenvalue weighted by Crippen LogP contribution is -2.29. The van der Waals surface area contributed by atoms with Gasteiger partial charge in [0.1, 0.15) is 0 Å². The first-order valence-electron chi connectivity index (χ1n) is 5.76. The molecule has 0 saturated heterocycles. The molecular formula is C14H13Cl3N2. The Hall–Kier alpha value is -0.770. The van der Waals surface area contributed by atoms with Gasteiger partial charge in [0.25, 0.3) is 0 Å². The average Bonchev–Trinajstić information content (AvgIpc) is 2.39. The van der Waals surface area contributed by atoms with Crippen molar-refractivity contribution in [2.24, 2.45) is 5.84 Å². The SMILES string of the molecule is NNC(Cc1ccccc1Cl)c1ccc(Cl)cc1Cl. The Labute approximate surface area is 127 Å². The molecule has 1 unspecified atom stereocenters. The topological polar surface area (TPSA) is 38.0 Å². The lowest BCUT2D eigenvalue weighted by Gasteiger charge is -2.18. The Balaban J connectivity index is 2.28. The van der Waals surface area contributed by atoms with Gasteiger partial charge in [-0.25, -0.2) is 0 Å². The molecule has 0 aliphatic heterocycles. The van der Waals surface area contributed by atoms with Crippen molar-refractivity contribution >= 4 is 34.8 Å². The summed E-state index contributed by atoms with van der Waals surface area (Å²) in [6.45, 7) is 0. The van der Waals surface area contributed by atoms with E-state index >= 15 is 0 Å². The van der Waals surface area contributed by atoms with Crippen molar-refractivity contribution in [2.75, 3.05) is 0 Å². The molecule has 0 amide bonds. The lowest BCUT2D eigenvalue weighted by atomic mass is 9.99. The molecule has 0 fully saturated rings. The Morgan fingerprint density at radius 1 is 1.00 bits per heavy atom. The highest BCUT2D eigenvalue weighted by Crippen LogP contribution is 2.29. The minimum absolute atomic E-state index is 0.121. The van der Waals surface area contributed by atoms with E-state index in [2.05, 4.69) is 5.43 Å². The van der Waals surface area contributed by atoms with E-state index < -0.39 is 0 Å². The molecule has 3 N–H and O–H groups in total. The van der Waals surface area contributed by atoms with E-state index in [4.69, 9.17) is 40.6 Å². The molecule has 5 heteroatoms. The van der Waals surface area contributed by atoms with Gasteiger partial charge in [-0.2, -0.15) is 0 Å². The van der Waals surface area contributed by atoms with Crippen LogP contribution in [0.1, 0.15) is 17.2 Å². The van der Waals surface area contributed by atoms with Crippen LogP contribution in [0.25, 0.3) is 0 Å². The Morgan fingerprint density at radius 3 is 2.37 bits per heavy atom. The lowest BCUT2D eigenvalue weighted by molar-refractivity contribution is 0.552. The average molecular weight is 316 g/mol. The summed E-state index contributed by atoms with van der Waals surface area (Å²) in [6.07, 6.45) is 0.650. The molecule has 100 valence electrons. The van der Waals surface area contributed by atoms with Crippen molar-refractivity contribution < 1.29 is 0 Å². The Kier molecular flexibility index (Phi) is 5.08. The van der Waals surface area contributed by atoms with Crippen molar-refractivity contribution in [3.8, 4) is 0 Å². The summed E-state index contributed by atoms with van der Waals surface area (Å²) in [5.74, 6) is 5.62. The second-order valence-electron chi connectivity index (χ2n) is 4.18. The quantitative estimate of drug-likeness (QED) is 0.648. The maximum absolute atomic E-state index is 6.20. The van der Waals surface area contributed by atoms with E-state index in [-0.39, 0.29) is 6.04 Å². The molecule has 0 radical (unpaired) electrons. The monoisotopic (exact) mass is 314 g/mol. The molecule has 2 nitrogen and oxygen atoms in total. The third kappa shape index (κ3) is 3.62. The van der Waals surface area contributed by atoms with Crippen LogP contribution in [-0.2, 0) is 6.42 Å².